The fraction of sp³-hybridized carbons (Fsp3) is 0.429. The van der Waals surface area contributed by atoms with Gasteiger partial charge >= 0.3 is 0 Å². The molecule has 7 nitrogen and oxygen atoms in total. The molecule has 2 aliphatic rings. The second kappa shape index (κ2) is 11.8. The minimum Gasteiger partial charge on any atom is -0.350 e. The summed E-state index contributed by atoms with van der Waals surface area (Å²) < 4.78 is 0. The van der Waals surface area contributed by atoms with Crippen LogP contribution >= 0.6 is 11.6 Å². The van der Waals surface area contributed by atoms with E-state index in [1.807, 2.05) is 50.3 Å². The van der Waals surface area contributed by atoms with Crippen LogP contribution in [0.4, 0.5) is 5.69 Å². The molecule has 8 heteroatoms. The molecule has 0 bridgehead atoms. The summed E-state index contributed by atoms with van der Waals surface area (Å²) in [7, 11) is 1.80. The van der Waals surface area contributed by atoms with Crippen molar-refractivity contribution in [2.24, 2.45) is 10.9 Å². The number of nitrogens with zero attached hydrogens (tertiary/aromatic N) is 3. The average Bonchev–Trinajstić information content (AvgIpc) is 2.97. The number of hydrogen-bond donors (Lipinski definition) is 2. The van der Waals surface area contributed by atoms with Crippen molar-refractivity contribution in [1.29, 1.82) is 0 Å². The molecule has 2 aromatic rings. The van der Waals surface area contributed by atoms with Crippen LogP contribution in [0, 0.1) is 5.92 Å². The zero-order valence-corrected chi connectivity index (χ0v) is 21.8. The van der Waals surface area contributed by atoms with Crippen molar-refractivity contribution in [2.45, 2.75) is 50.6 Å². The standard InChI is InChI=1S/C28H34ClN5O2/c1-4-18(5-2)27(35)33-19-10-11-24(23(29)16-19)31-14-15-32-26-21-8-6-7-9-25(21)34(3)28(36)20-12-13-30-17-22(20)26/h6-13,17-19,23,26,32H,4-5,14-16H2,1-3H3,(H,33,35). The number of allylic oxidation sites excluding steroid dienone is 1. The Labute approximate surface area is 218 Å². The molecule has 2 amide bonds. The third-order valence-electron chi connectivity index (χ3n) is 7.03. The first kappa shape index (κ1) is 26.0. The Morgan fingerprint density at radius 2 is 2.00 bits per heavy atom. The molecular formula is C28H34ClN5O2. The Morgan fingerprint density at radius 3 is 2.75 bits per heavy atom. The maximum Gasteiger partial charge on any atom is 0.258 e. The number of amides is 2. The van der Waals surface area contributed by atoms with E-state index in [0.29, 0.717) is 25.1 Å². The van der Waals surface area contributed by atoms with Crippen LogP contribution in [0.25, 0.3) is 0 Å². The van der Waals surface area contributed by atoms with Crippen molar-refractivity contribution >= 4 is 34.8 Å². The fourth-order valence-corrected chi connectivity index (χ4v) is 5.23. The molecule has 190 valence electrons. The third-order valence-corrected chi connectivity index (χ3v) is 7.43. The number of carbonyl (C=O) groups excluding carboxylic acids is 2. The number of fused-ring (bicyclic) bond motifs is 2. The maximum atomic E-state index is 13.1. The molecule has 4 rings (SSSR count). The number of para-hydroxylation sites is 1. The summed E-state index contributed by atoms with van der Waals surface area (Å²) in [6.45, 7) is 5.20. The predicted molar refractivity (Wildman–Crippen MR) is 145 cm³/mol. The first-order chi connectivity index (χ1) is 17.4. The summed E-state index contributed by atoms with van der Waals surface area (Å²) in [6, 6.07) is 9.45. The smallest absolute Gasteiger partial charge is 0.258 e. The molecule has 3 atom stereocenters. The highest BCUT2D eigenvalue weighted by atomic mass is 35.5. The lowest BCUT2D eigenvalue weighted by Gasteiger charge is -2.25. The number of alkyl halides is 1. The fourth-order valence-electron chi connectivity index (χ4n) is 4.90. The molecule has 0 saturated carbocycles. The molecule has 3 unspecified atom stereocenters. The number of nitrogens with one attached hydrogen (secondary N) is 2. The Hall–Kier alpha value is -3.03. The van der Waals surface area contributed by atoms with Gasteiger partial charge in [-0.15, -0.1) is 11.6 Å². The van der Waals surface area contributed by atoms with Crippen molar-refractivity contribution in [3.05, 3.63) is 71.6 Å². The minimum atomic E-state index is -0.253. The zero-order chi connectivity index (χ0) is 25.7. The van der Waals surface area contributed by atoms with Crippen LogP contribution in [-0.4, -0.2) is 54.1 Å². The van der Waals surface area contributed by atoms with Gasteiger partial charge in [0.05, 0.1) is 23.7 Å². The molecule has 0 fully saturated rings. The lowest BCUT2D eigenvalue weighted by Crippen LogP contribution is -2.41. The highest BCUT2D eigenvalue weighted by Crippen LogP contribution is 2.36. The summed E-state index contributed by atoms with van der Waals surface area (Å²) in [5.74, 6) is 0.0797. The van der Waals surface area contributed by atoms with Gasteiger partial charge in [0, 0.05) is 54.8 Å². The van der Waals surface area contributed by atoms with Gasteiger partial charge in [0.25, 0.3) is 5.91 Å². The molecule has 0 saturated heterocycles. The van der Waals surface area contributed by atoms with E-state index in [2.05, 4.69) is 15.6 Å². The highest BCUT2D eigenvalue weighted by Gasteiger charge is 2.30. The van der Waals surface area contributed by atoms with E-state index < -0.39 is 0 Å². The number of pyridine rings is 1. The van der Waals surface area contributed by atoms with Gasteiger partial charge < -0.3 is 15.5 Å². The number of aromatic nitrogens is 1. The van der Waals surface area contributed by atoms with E-state index in [1.54, 1.807) is 30.4 Å². The largest absolute Gasteiger partial charge is 0.350 e. The van der Waals surface area contributed by atoms with Crippen molar-refractivity contribution in [3.8, 4) is 0 Å². The van der Waals surface area contributed by atoms with E-state index in [-0.39, 0.29) is 35.2 Å². The van der Waals surface area contributed by atoms with Gasteiger partial charge in [0.2, 0.25) is 5.91 Å². The summed E-state index contributed by atoms with van der Waals surface area (Å²) >= 11 is 6.62. The normalized spacial score (nSPS) is 22.4. The molecule has 1 aromatic heterocycles. The third kappa shape index (κ3) is 5.52. The molecule has 1 aliphatic carbocycles. The van der Waals surface area contributed by atoms with Gasteiger partial charge in [-0.2, -0.15) is 0 Å². The first-order valence-corrected chi connectivity index (χ1v) is 13.1. The zero-order valence-electron chi connectivity index (χ0n) is 21.1. The summed E-state index contributed by atoms with van der Waals surface area (Å²) in [4.78, 5) is 36.2. The topological polar surface area (TPSA) is 86.7 Å². The van der Waals surface area contributed by atoms with Crippen LogP contribution in [-0.2, 0) is 4.79 Å². The SMILES string of the molecule is CCC(CC)C(=O)NC1C=CC(=NCCNC2c3cnccc3C(=O)N(C)c3ccccc32)C(Cl)C1. The Kier molecular flexibility index (Phi) is 8.54. The second-order valence-corrected chi connectivity index (χ2v) is 9.80. The van der Waals surface area contributed by atoms with Crippen molar-refractivity contribution in [1.82, 2.24) is 15.6 Å². The molecule has 36 heavy (non-hydrogen) atoms. The lowest BCUT2D eigenvalue weighted by atomic mass is 9.96. The van der Waals surface area contributed by atoms with Gasteiger partial charge in [-0.05, 0) is 43.0 Å². The number of carbonyl (C=O) groups is 2. The lowest BCUT2D eigenvalue weighted by molar-refractivity contribution is -0.125. The molecular weight excluding hydrogens is 474 g/mol. The van der Waals surface area contributed by atoms with E-state index in [0.717, 1.165) is 35.4 Å². The second-order valence-electron chi connectivity index (χ2n) is 9.27. The monoisotopic (exact) mass is 507 g/mol. The van der Waals surface area contributed by atoms with Crippen LogP contribution in [0.2, 0.25) is 0 Å². The van der Waals surface area contributed by atoms with E-state index in [1.165, 1.54) is 0 Å². The predicted octanol–water partition coefficient (Wildman–Crippen LogP) is 4.28. The molecule has 0 spiro atoms. The number of hydrogen-bond acceptors (Lipinski definition) is 5. The van der Waals surface area contributed by atoms with Gasteiger partial charge in [0.1, 0.15) is 0 Å². The summed E-state index contributed by atoms with van der Waals surface area (Å²) in [5.41, 5.74) is 4.22. The molecule has 2 N–H and O–H groups in total. The Balaban J connectivity index is 1.43. The van der Waals surface area contributed by atoms with Gasteiger partial charge in [0.15, 0.2) is 0 Å². The first-order valence-electron chi connectivity index (χ1n) is 12.7. The van der Waals surface area contributed by atoms with Gasteiger partial charge in [-0.25, -0.2) is 0 Å². The molecule has 1 aromatic carbocycles. The van der Waals surface area contributed by atoms with Crippen LogP contribution in [0.1, 0.15) is 60.6 Å². The number of benzene rings is 1. The van der Waals surface area contributed by atoms with Crippen LogP contribution in [0.15, 0.2) is 59.9 Å². The van der Waals surface area contributed by atoms with Gasteiger partial charge in [-0.1, -0.05) is 38.1 Å². The van der Waals surface area contributed by atoms with Crippen LogP contribution < -0.4 is 15.5 Å². The van der Waals surface area contributed by atoms with Crippen molar-refractivity contribution in [3.63, 3.8) is 0 Å². The quantitative estimate of drug-likeness (QED) is 0.412. The molecule has 1 aliphatic heterocycles. The van der Waals surface area contributed by atoms with Crippen LogP contribution in [0.5, 0.6) is 0 Å². The Morgan fingerprint density at radius 1 is 1.22 bits per heavy atom. The maximum absolute atomic E-state index is 13.1. The van der Waals surface area contributed by atoms with Crippen molar-refractivity contribution in [2.75, 3.05) is 25.0 Å². The van der Waals surface area contributed by atoms with Gasteiger partial charge in [-0.3, -0.25) is 19.6 Å². The van der Waals surface area contributed by atoms with E-state index in [9.17, 15) is 9.59 Å². The Bertz CT molecular complexity index is 1160. The summed E-state index contributed by atoms with van der Waals surface area (Å²) in [6.07, 6.45) is 9.61. The minimum absolute atomic E-state index is 0.0397. The summed E-state index contributed by atoms with van der Waals surface area (Å²) in [5, 5.41) is 6.43. The number of rotatable bonds is 8. The molecule has 2 heterocycles. The number of anilines is 1. The molecule has 0 radical (unpaired) electrons. The van der Waals surface area contributed by atoms with E-state index in [4.69, 9.17) is 16.6 Å². The highest BCUT2D eigenvalue weighted by molar-refractivity contribution is 6.34. The van der Waals surface area contributed by atoms with Crippen LogP contribution in [0.3, 0.4) is 0 Å². The number of halogens is 1. The average molecular weight is 508 g/mol. The van der Waals surface area contributed by atoms with E-state index >= 15 is 0 Å². The van der Waals surface area contributed by atoms with Crippen molar-refractivity contribution < 1.29 is 9.59 Å². The number of aliphatic imine (C=N–C) groups is 1.